The summed E-state index contributed by atoms with van der Waals surface area (Å²) in [5, 5.41) is 3.46. The van der Waals surface area contributed by atoms with Crippen LogP contribution in [0.2, 0.25) is 0 Å². The van der Waals surface area contributed by atoms with Crippen molar-refractivity contribution in [3.05, 3.63) is 35.0 Å². The molecule has 2 heterocycles. The Morgan fingerprint density at radius 2 is 2.06 bits per heavy atom. The number of carbonyl (C=O) groups is 1. The van der Waals surface area contributed by atoms with Gasteiger partial charge in [-0.05, 0) is 30.4 Å². The minimum atomic E-state index is 0.130. The Bertz CT molecular complexity index is 576. The van der Waals surface area contributed by atoms with E-state index in [0.717, 1.165) is 48.4 Å². The Labute approximate surface area is 105 Å². The minimum absolute atomic E-state index is 0.130. The van der Waals surface area contributed by atoms with Crippen LogP contribution in [-0.4, -0.2) is 18.9 Å². The lowest BCUT2D eigenvalue weighted by molar-refractivity contribution is 0.102. The van der Waals surface area contributed by atoms with Gasteiger partial charge in [-0.25, -0.2) is 5.43 Å². The van der Waals surface area contributed by atoms with Crippen molar-refractivity contribution in [2.24, 2.45) is 5.92 Å². The monoisotopic (exact) mass is 241 g/mol. The van der Waals surface area contributed by atoms with Crippen LogP contribution in [0.1, 0.15) is 28.8 Å². The summed E-state index contributed by atoms with van der Waals surface area (Å²) in [4.78, 5) is 12.4. The zero-order chi connectivity index (χ0) is 12.1. The SMILES string of the molecule is O=C1C2=C3c4c(cccc41)NCCC3CCNN2. The van der Waals surface area contributed by atoms with Crippen LogP contribution >= 0.6 is 0 Å². The molecule has 3 N–H and O–H groups in total. The molecule has 1 aromatic carbocycles. The number of nitrogens with one attached hydrogen (secondary N) is 3. The van der Waals surface area contributed by atoms with E-state index in [1.165, 1.54) is 5.57 Å². The van der Waals surface area contributed by atoms with Crippen molar-refractivity contribution in [3.63, 3.8) is 0 Å². The Hall–Kier alpha value is -1.81. The van der Waals surface area contributed by atoms with Crippen LogP contribution in [0.15, 0.2) is 23.9 Å². The fourth-order valence-electron chi connectivity index (χ4n) is 3.30. The smallest absolute Gasteiger partial charge is 0.211 e. The maximum absolute atomic E-state index is 12.4. The molecule has 1 unspecified atom stereocenters. The molecule has 1 aromatic rings. The molecule has 0 radical (unpaired) electrons. The third kappa shape index (κ3) is 1.21. The molecule has 0 saturated heterocycles. The molecular formula is C14H15N3O. The van der Waals surface area contributed by atoms with Gasteiger partial charge in [0.15, 0.2) is 0 Å². The number of rotatable bonds is 0. The summed E-state index contributed by atoms with van der Waals surface area (Å²) in [6.07, 6.45) is 2.16. The molecule has 0 aromatic heterocycles. The normalized spacial score (nSPS) is 24.9. The zero-order valence-corrected chi connectivity index (χ0v) is 10.0. The number of allylic oxidation sites excluding steroid dienone is 2. The van der Waals surface area contributed by atoms with Crippen molar-refractivity contribution in [3.8, 4) is 0 Å². The first-order valence-corrected chi connectivity index (χ1v) is 6.51. The Kier molecular flexibility index (Phi) is 2.02. The van der Waals surface area contributed by atoms with Gasteiger partial charge in [-0.2, -0.15) is 0 Å². The van der Waals surface area contributed by atoms with Crippen LogP contribution in [0, 0.1) is 5.92 Å². The van der Waals surface area contributed by atoms with E-state index in [0.29, 0.717) is 5.92 Å². The van der Waals surface area contributed by atoms with Crippen LogP contribution in [0.5, 0.6) is 0 Å². The first-order valence-electron chi connectivity index (χ1n) is 6.51. The summed E-state index contributed by atoms with van der Waals surface area (Å²) < 4.78 is 0. The standard InChI is InChI=1S/C14H15N3O/c18-14-9-2-1-3-10-12(9)11-8(4-6-15-10)5-7-16-17-13(11)14/h1-3,8,15-17H,4-7H2. The lowest BCUT2D eigenvalue weighted by atomic mass is 9.89. The van der Waals surface area contributed by atoms with Gasteiger partial charge in [-0.1, -0.05) is 12.1 Å². The Morgan fingerprint density at radius 1 is 1.17 bits per heavy atom. The van der Waals surface area contributed by atoms with Crippen LogP contribution in [0.3, 0.4) is 0 Å². The molecule has 92 valence electrons. The molecule has 18 heavy (non-hydrogen) atoms. The highest BCUT2D eigenvalue weighted by molar-refractivity contribution is 6.22. The second-order valence-electron chi connectivity index (χ2n) is 5.10. The molecular weight excluding hydrogens is 226 g/mol. The van der Waals surface area contributed by atoms with Crippen LogP contribution in [-0.2, 0) is 0 Å². The number of Topliss-reactive ketones (excluding diaryl/α,β-unsaturated/α-hetero) is 1. The second-order valence-corrected chi connectivity index (χ2v) is 5.10. The minimum Gasteiger partial charge on any atom is -0.385 e. The Morgan fingerprint density at radius 3 is 3.00 bits per heavy atom. The van der Waals surface area contributed by atoms with Crippen LogP contribution in [0.4, 0.5) is 5.69 Å². The quantitative estimate of drug-likeness (QED) is 0.644. The van der Waals surface area contributed by atoms with E-state index in [-0.39, 0.29) is 5.78 Å². The average molecular weight is 241 g/mol. The van der Waals surface area contributed by atoms with Crippen molar-refractivity contribution in [2.75, 3.05) is 18.4 Å². The van der Waals surface area contributed by atoms with Gasteiger partial charge in [-0.15, -0.1) is 0 Å². The number of hydrogen-bond acceptors (Lipinski definition) is 4. The highest BCUT2D eigenvalue weighted by Gasteiger charge is 2.37. The van der Waals surface area contributed by atoms with E-state index in [9.17, 15) is 4.79 Å². The third-order valence-electron chi connectivity index (χ3n) is 4.12. The molecule has 0 amide bonds. The molecule has 1 atom stereocenters. The van der Waals surface area contributed by atoms with Gasteiger partial charge in [0.2, 0.25) is 5.78 Å². The van der Waals surface area contributed by atoms with Crippen molar-refractivity contribution >= 4 is 17.0 Å². The lowest BCUT2D eigenvalue weighted by Gasteiger charge is -2.14. The largest absolute Gasteiger partial charge is 0.385 e. The number of anilines is 1. The number of benzene rings is 1. The molecule has 0 saturated carbocycles. The van der Waals surface area contributed by atoms with E-state index < -0.39 is 0 Å². The Balaban J connectivity index is 2.02. The predicted octanol–water partition coefficient (Wildman–Crippen LogP) is 1.52. The van der Waals surface area contributed by atoms with Gasteiger partial charge < -0.3 is 10.7 Å². The fraction of sp³-hybridized carbons (Fsp3) is 0.357. The molecule has 2 aliphatic heterocycles. The number of hydrogen-bond donors (Lipinski definition) is 3. The average Bonchev–Trinajstić information content (AvgIpc) is 2.57. The molecule has 0 bridgehead atoms. The summed E-state index contributed by atoms with van der Waals surface area (Å²) in [7, 11) is 0. The highest BCUT2D eigenvalue weighted by Crippen LogP contribution is 2.45. The molecule has 0 spiro atoms. The number of ketones is 1. The van der Waals surface area contributed by atoms with E-state index in [2.05, 4.69) is 22.2 Å². The van der Waals surface area contributed by atoms with Gasteiger partial charge in [0.25, 0.3) is 0 Å². The van der Waals surface area contributed by atoms with Gasteiger partial charge in [-0.3, -0.25) is 4.79 Å². The maximum atomic E-state index is 12.4. The van der Waals surface area contributed by atoms with Gasteiger partial charge in [0.05, 0.1) is 0 Å². The van der Waals surface area contributed by atoms with Crippen molar-refractivity contribution in [1.29, 1.82) is 0 Å². The molecule has 4 nitrogen and oxygen atoms in total. The van der Waals surface area contributed by atoms with Gasteiger partial charge >= 0.3 is 0 Å². The topological polar surface area (TPSA) is 53.2 Å². The van der Waals surface area contributed by atoms with Crippen molar-refractivity contribution < 1.29 is 4.79 Å². The highest BCUT2D eigenvalue weighted by atomic mass is 16.1. The van der Waals surface area contributed by atoms with Crippen molar-refractivity contribution in [2.45, 2.75) is 12.8 Å². The summed E-state index contributed by atoms with van der Waals surface area (Å²) >= 11 is 0. The first kappa shape index (κ1) is 10.1. The summed E-state index contributed by atoms with van der Waals surface area (Å²) in [6.45, 7) is 1.88. The van der Waals surface area contributed by atoms with Gasteiger partial charge in [0, 0.05) is 29.9 Å². The lowest BCUT2D eigenvalue weighted by Crippen LogP contribution is -2.32. The molecule has 4 rings (SSSR count). The molecule has 4 heteroatoms. The number of carbonyl (C=O) groups excluding carboxylic acids is 1. The first-order chi connectivity index (χ1) is 8.86. The molecule has 0 fully saturated rings. The van der Waals surface area contributed by atoms with E-state index in [4.69, 9.17) is 0 Å². The second kappa shape index (κ2) is 3.59. The van der Waals surface area contributed by atoms with E-state index in [1.807, 2.05) is 12.1 Å². The predicted molar refractivity (Wildman–Crippen MR) is 70.0 cm³/mol. The third-order valence-corrected chi connectivity index (χ3v) is 4.12. The van der Waals surface area contributed by atoms with E-state index >= 15 is 0 Å². The number of hydrazine groups is 1. The van der Waals surface area contributed by atoms with Crippen LogP contribution in [0.25, 0.3) is 5.57 Å². The molecule has 3 aliphatic rings. The van der Waals surface area contributed by atoms with Crippen LogP contribution < -0.4 is 16.2 Å². The molecule has 1 aliphatic carbocycles. The maximum Gasteiger partial charge on any atom is 0.211 e. The summed E-state index contributed by atoms with van der Waals surface area (Å²) in [6, 6.07) is 5.96. The van der Waals surface area contributed by atoms with Crippen molar-refractivity contribution in [1.82, 2.24) is 10.9 Å². The zero-order valence-electron chi connectivity index (χ0n) is 10.0. The summed E-state index contributed by atoms with van der Waals surface area (Å²) in [5.74, 6) is 0.605. The summed E-state index contributed by atoms with van der Waals surface area (Å²) in [5.41, 5.74) is 11.3. The van der Waals surface area contributed by atoms with Gasteiger partial charge in [0.1, 0.15) is 5.70 Å². The fourth-order valence-corrected chi connectivity index (χ4v) is 3.30. The van der Waals surface area contributed by atoms with E-state index in [1.54, 1.807) is 0 Å².